The topological polar surface area (TPSA) is 70.2 Å². The zero-order valence-electron chi connectivity index (χ0n) is 18.6. The fourth-order valence-corrected chi connectivity index (χ4v) is 4.34. The lowest BCUT2D eigenvalue weighted by atomic mass is 9.90. The molecule has 7 heteroatoms. The Bertz CT molecular complexity index is 998. The summed E-state index contributed by atoms with van der Waals surface area (Å²) >= 11 is 0. The Kier molecular flexibility index (Phi) is 6.44. The number of hydrogen-bond acceptors (Lipinski definition) is 4. The maximum absolute atomic E-state index is 13.0. The Morgan fingerprint density at radius 3 is 2.47 bits per heavy atom. The fraction of sp³-hybridized carbons (Fsp3) is 0.400. The van der Waals surface area contributed by atoms with Crippen LogP contribution in [-0.4, -0.2) is 67.9 Å². The first-order chi connectivity index (χ1) is 15.4. The second-order valence-corrected chi connectivity index (χ2v) is 8.66. The zero-order valence-corrected chi connectivity index (χ0v) is 18.6. The van der Waals surface area contributed by atoms with Crippen LogP contribution < -0.4 is 9.64 Å². The van der Waals surface area contributed by atoms with Crippen LogP contribution >= 0.6 is 0 Å². The van der Waals surface area contributed by atoms with Gasteiger partial charge in [-0.15, -0.1) is 0 Å². The van der Waals surface area contributed by atoms with Gasteiger partial charge in [-0.25, -0.2) is 0 Å². The van der Waals surface area contributed by atoms with Crippen molar-refractivity contribution in [1.82, 2.24) is 9.80 Å². The molecule has 0 aliphatic carbocycles. The van der Waals surface area contributed by atoms with Crippen LogP contribution in [0.15, 0.2) is 48.5 Å². The molecule has 2 aromatic rings. The van der Waals surface area contributed by atoms with Crippen LogP contribution in [0.1, 0.15) is 28.8 Å². The molecule has 2 heterocycles. The monoisotopic (exact) mass is 435 g/mol. The Morgan fingerprint density at radius 1 is 1.06 bits per heavy atom. The molecule has 0 spiro atoms. The summed E-state index contributed by atoms with van der Waals surface area (Å²) in [4.78, 5) is 42.7. The van der Waals surface area contributed by atoms with Gasteiger partial charge in [0.05, 0.1) is 5.69 Å². The normalized spacial score (nSPS) is 16.4. The van der Waals surface area contributed by atoms with E-state index in [1.165, 1.54) is 15.4 Å². The summed E-state index contributed by atoms with van der Waals surface area (Å²) in [5.41, 5.74) is 2.25. The number of piperidine rings is 1. The number of likely N-dealkylation sites (tertiary alicyclic amines) is 1. The number of carbonyl (C=O) groups excluding carboxylic acids is 3. The minimum atomic E-state index is -0.278. The zero-order chi connectivity index (χ0) is 22.7. The molecule has 4 rings (SSSR count). The van der Waals surface area contributed by atoms with Crippen molar-refractivity contribution in [1.29, 1.82) is 0 Å². The van der Waals surface area contributed by atoms with Crippen molar-refractivity contribution in [2.24, 2.45) is 5.92 Å². The number of anilines is 1. The Balaban J connectivity index is 1.41. The molecule has 0 bridgehead atoms. The number of amides is 3. The van der Waals surface area contributed by atoms with E-state index in [9.17, 15) is 14.4 Å². The molecule has 32 heavy (non-hydrogen) atoms. The molecule has 7 nitrogen and oxygen atoms in total. The van der Waals surface area contributed by atoms with E-state index < -0.39 is 0 Å². The third-order valence-electron chi connectivity index (χ3n) is 6.18. The van der Waals surface area contributed by atoms with Gasteiger partial charge in [-0.05, 0) is 48.9 Å². The molecular weight excluding hydrogens is 406 g/mol. The van der Waals surface area contributed by atoms with Gasteiger partial charge in [0.1, 0.15) is 12.3 Å². The van der Waals surface area contributed by atoms with Gasteiger partial charge in [-0.2, -0.15) is 0 Å². The van der Waals surface area contributed by atoms with Crippen molar-refractivity contribution < 1.29 is 19.1 Å². The summed E-state index contributed by atoms with van der Waals surface area (Å²) in [6.45, 7) is 1.24. The standard InChI is InChI=1S/C25H29N3O4/c1-26(2)25(31)20-8-9-22-21(15-20)28(24(30)17-32-22)16-23(29)27-12-10-19(11-13-27)14-18-6-4-3-5-7-18/h3-9,15,19H,10-14,16-17H2,1-2H3. The van der Waals surface area contributed by atoms with Crippen molar-refractivity contribution in [3.63, 3.8) is 0 Å². The average Bonchev–Trinajstić information content (AvgIpc) is 2.81. The summed E-state index contributed by atoms with van der Waals surface area (Å²) in [5, 5.41) is 0. The second kappa shape index (κ2) is 9.42. The maximum Gasteiger partial charge on any atom is 0.265 e. The molecule has 1 saturated heterocycles. The Labute approximate surface area is 188 Å². The minimum absolute atomic E-state index is 0.0435. The highest BCUT2D eigenvalue weighted by atomic mass is 16.5. The summed E-state index contributed by atoms with van der Waals surface area (Å²) < 4.78 is 5.52. The predicted octanol–water partition coefficient (Wildman–Crippen LogP) is 2.60. The summed E-state index contributed by atoms with van der Waals surface area (Å²) in [6.07, 6.45) is 2.94. The average molecular weight is 436 g/mol. The molecule has 3 amide bonds. The second-order valence-electron chi connectivity index (χ2n) is 8.66. The molecule has 0 N–H and O–H groups in total. The predicted molar refractivity (Wildman–Crippen MR) is 122 cm³/mol. The van der Waals surface area contributed by atoms with Crippen molar-refractivity contribution in [3.8, 4) is 5.75 Å². The highest BCUT2D eigenvalue weighted by molar-refractivity contribution is 6.04. The Hall–Kier alpha value is -3.35. The van der Waals surface area contributed by atoms with Crippen molar-refractivity contribution >= 4 is 23.4 Å². The third-order valence-corrected chi connectivity index (χ3v) is 6.18. The van der Waals surface area contributed by atoms with Gasteiger partial charge in [0, 0.05) is 32.7 Å². The molecular formula is C25H29N3O4. The van der Waals surface area contributed by atoms with E-state index in [0.29, 0.717) is 36.0 Å². The van der Waals surface area contributed by atoms with E-state index in [1.54, 1.807) is 32.3 Å². The van der Waals surface area contributed by atoms with Gasteiger partial charge in [0.15, 0.2) is 6.61 Å². The van der Waals surface area contributed by atoms with Crippen LogP contribution in [0.4, 0.5) is 5.69 Å². The third kappa shape index (κ3) is 4.77. The van der Waals surface area contributed by atoms with Gasteiger partial charge < -0.3 is 14.5 Å². The lowest BCUT2D eigenvalue weighted by Gasteiger charge is -2.35. The van der Waals surface area contributed by atoms with Crippen molar-refractivity contribution in [3.05, 3.63) is 59.7 Å². The van der Waals surface area contributed by atoms with Gasteiger partial charge in [-0.3, -0.25) is 19.3 Å². The van der Waals surface area contributed by atoms with Crippen LogP contribution in [0, 0.1) is 5.92 Å². The number of nitrogens with zero attached hydrogens (tertiary/aromatic N) is 3. The summed E-state index contributed by atoms with van der Waals surface area (Å²) in [5.74, 6) is 0.548. The molecule has 2 aliphatic heterocycles. The number of hydrogen-bond donors (Lipinski definition) is 0. The SMILES string of the molecule is CN(C)C(=O)c1ccc2c(c1)N(CC(=O)N1CCC(Cc3ccccc3)CC1)C(=O)CO2. The number of carbonyl (C=O) groups is 3. The molecule has 2 aromatic carbocycles. The molecule has 2 aliphatic rings. The first-order valence-electron chi connectivity index (χ1n) is 11.0. The van der Waals surface area contributed by atoms with E-state index in [0.717, 1.165) is 19.3 Å². The van der Waals surface area contributed by atoms with Crippen LogP contribution in [0.25, 0.3) is 0 Å². The lowest BCUT2D eigenvalue weighted by molar-refractivity contribution is -0.133. The first kappa shape index (κ1) is 21.9. The Morgan fingerprint density at radius 2 is 1.78 bits per heavy atom. The molecule has 0 atom stereocenters. The molecule has 0 unspecified atom stereocenters. The number of rotatable bonds is 5. The minimum Gasteiger partial charge on any atom is -0.482 e. The maximum atomic E-state index is 13.0. The fourth-order valence-electron chi connectivity index (χ4n) is 4.34. The van der Waals surface area contributed by atoms with Crippen molar-refractivity contribution in [2.45, 2.75) is 19.3 Å². The van der Waals surface area contributed by atoms with Crippen molar-refractivity contribution in [2.75, 3.05) is 45.2 Å². The highest BCUT2D eigenvalue weighted by Gasteiger charge is 2.31. The van der Waals surface area contributed by atoms with Gasteiger partial charge in [0.2, 0.25) is 5.91 Å². The van der Waals surface area contributed by atoms with Crippen LogP contribution in [0.2, 0.25) is 0 Å². The largest absolute Gasteiger partial charge is 0.482 e. The van der Waals surface area contributed by atoms with E-state index in [4.69, 9.17) is 4.74 Å². The van der Waals surface area contributed by atoms with Gasteiger partial charge in [0.25, 0.3) is 11.8 Å². The van der Waals surface area contributed by atoms with E-state index in [1.807, 2.05) is 11.0 Å². The number of benzene rings is 2. The highest BCUT2D eigenvalue weighted by Crippen LogP contribution is 2.33. The molecule has 0 aromatic heterocycles. The number of fused-ring (bicyclic) bond motifs is 1. The van der Waals surface area contributed by atoms with Crippen LogP contribution in [0.3, 0.4) is 0 Å². The molecule has 0 saturated carbocycles. The summed E-state index contributed by atoms with van der Waals surface area (Å²) in [7, 11) is 3.35. The molecule has 0 radical (unpaired) electrons. The quantitative estimate of drug-likeness (QED) is 0.724. The smallest absolute Gasteiger partial charge is 0.265 e. The van der Waals surface area contributed by atoms with E-state index in [-0.39, 0.29) is 30.9 Å². The van der Waals surface area contributed by atoms with E-state index in [2.05, 4.69) is 24.3 Å². The molecule has 168 valence electrons. The van der Waals surface area contributed by atoms with Gasteiger partial charge >= 0.3 is 0 Å². The number of ether oxygens (including phenoxy) is 1. The van der Waals surface area contributed by atoms with Crippen LogP contribution in [0.5, 0.6) is 5.75 Å². The first-order valence-corrected chi connectivity index (χ1v) is 11.0. The van der Waals surface area contributed by atoms with E-state index >= 15 is 0 Å². The van der Waals surface area contributed by atoms with Gasteiger partial charge in [-0.1, -0.05) is 30.3 Å². The lowest BCUT2D eigenvalue weighted by Crippen LogP contribution is -2.48. The van der Waals surface area contributed by atoms with Crippen LogP contribution in [-0.2, 0) is 16.0 Å². The summed E-state index contributed by atoms with van der Waals surface area (Å²) in [6, 6.07) is 15.4. The molecule has 1 fully saturated rings.